The largest absolute Gasteiger partial charge is 0.360 e. The van der Waals surface area contributed by atoms with E-state index in [4.69, 9.17) is 4.52 Å². The number of hydrogen-bond acceptors (Lipinski definition) is 2. The molecule has 0 unspecified atom stereocenters. The van der Waals surface area contributed by atoms with E-state index in [9.17, 15) is 0 Å². The van der Waals surface area contributed by atoms with Crippen LogP contribution in [0.3, 0.4) is 0 Å². The van der Waals surface area contributed by atoms with Gasteiger partial charge in [0.05, 0.1) is 0 Å². The second-order valence-electron chi connectivity index (χ2n) is 1.95. The van der Waals surface area contributed by atoms with Gasteiger partial charge >= 0.3 is 0 Å². The van der Waals surface area contributed by atoms with Crippen LogP contribution in [0.4, 0.5) is 0 Å². The van der Waals surface area contributed by atoms with Gasteiger partial charge in [0, 0.05) is 5.56 Å². The summed E-state index contributed by atoms with van der Waals surface area (Å²) >= 11 is 0. The lowest BCUT2D eigenvalue weighted by Gasteiger charge is -1.84. The maximum atomic E-state index is 4.88. The zero-order valence-corrected chi connectivity index (χ0v) is 7.92. The standard InChI is InChI=1S/C8H9NO.C2H6/c1-4-7-6(3)10-9-8(7)5-2;1-2/h4-5H,1-2H2,3H3;1-2H3. The maximum absolute atomic E-state index is 4.88. The molecule has 0 bridgehead atoms. The number of hydrogen-bond donors (Lipinski definition) is 0. The molecule has 0 aliphatic rings. The van der Waals surface area contributed by atoms with Crippen LogP contribution in [0.25, 0.3) is 12.2 Å². The second kappa shape index (κ2) is 5.35. The summed E-state index contributed by atoms with van der Waals surface area (Å²) in [5.41, 5.74) is 1.68. The summed E-state index contributed by atoms with van der Waals surface area (Å²) in [6, 6.07) is 0. The first kappa shape index (κ1) is 10.7. The molecule has 2 nitrogen and oxygen atoms in total. The van der Waals surface area contributed by atoms with E-state index in [0.29, 0.717) is 0 Å². The van der Waals surface area contributed by atoms with E-state index in [2.05, 4.69) is 18.3 Å². The fourth-order valence-electron chi connectivity index (χ4n) is 0.792. The van der Waals surface area contributed by atoms with E-state index < -0.39 is 0 Å². The summed E-state index contributed by atoms with van der Waals surface area (Å²) in [7, 11) is 0. The van der Waals surface area contributed by atoms with Crippen molar-refractivity contribution in [3.8, 4) is 0 Å². The molecule has 0 saturated heterocycles. The Morgan fingerprint density at radius 3 is 2.17 bits per heavy atom. The third-order valence-corrected chi connectivity index (χ3v) is 1.33. The highest BCUT2D eigenvalue weighted by Crippen LogP contribution is 2.14. The Hall–Kier alpha value is -1.31. The first-order chi connectivity index (χ1) is 5.79. The fraction of sp³-hybridized carbons (Fsp3) is 0.300. The number of aryl methyl sites for hydroxylation is 1. The van der Waals surface area contributed by atoms with Crippen LogP contribution in [0.15, 0.2) is 17.7 Å². The predicted molar refractivity (Wildman–Crippen MR) is 52.8 cm³/mol. The molecular formula is C10H15NO. The third-order valence-electron chi connectivity index (χ3n) is 1.33. The molecule has 0 aliphatic heterocycles. The Labute approximate surface area is 73.6 Å². The molecule has 0 aliphatic carbocycles. The molecule has 1 aromatic rings. The molecule has 1 heterocycles. The van der Waals surface area contributed by atoms with Gasteiger partial charge in [-0.2, -0.15) is 0 Å². The third kappa shape index (κ3) is 2.09. The van der Waals surface area contributed by atoms with Crippen LogP contribution in [0.5, 0.6) is 0 Å². The summed E-state index contributed by atoms with van der Waals surface area (Å²) in [5, 5.41) is 3.74. The zero-order chi connectivity index (χ0) is 9.56. The van der Waals surface area contributed by atoms with Crippen LogP contribution in [-0.4, -0.2) is 5.16 Å². The Morgan fingerprint density at radius 1 is 1.25 bits per heavy atom. The molecule has 12 heavy (non-hydrogen) atoms. The lowest BCUT2D eigenvalue weighted by molar-refractivity contribution is 0.396. The minimum absolute atomic E-state index is 0.757. The summed E-state index contributed by atoms with van der Waals surface area (Å²) in [5.74, 6) is 0.782. The normalized spacial score (nSPS) is 8.25. The van der Waals surface area contributed by atoms with E-state index >= 15 is 0 Å². The van der Waals surface area contributed by atoms with Crippen molar-refractivity contribution < 1.29 is 4.52 Å². The van der Waals surface area contributed by atoms with Crippen LogP contribution in [-0.2, 0) is 0 Å². The molecule has 0 radical (unpaired) electrons. The van der Waals surface area contributed by atoms with E-state index in [1.54, 1.807) is 12.2 Å². The predicted octanol–water partition coefficient (Wildman–Crippen LogP) is 3.30. The summed E-state index contributed by atoms with van der Waals surface area (Å²) in [4.78, 5) is 0. The molecule has 0 fully saturated rings. The number of rotatable bonds is 2. The van der Waals surface area contributed by atoms with Gasteiger partial charge in [-0.1, -0.05) is 38.2 Å². The summed E-state index contributed by atoms with van der Waals surface area (Å²) in [6.45, 7) is 13.1. The minimum Gasteiger partial charge on any atom is -0.360 e. The molecule has 0 saturated carbocycles. The van der Waals surface area contributed by atoms with E-state index in [1.165, 1.54) is 0 Å². The van der Waals surface area contributed by atoms with Gasteiger partial charge in [-0.05, 0) is 13.0 Å². The molecule has 0 spiro atoms. The van der Waals surface area contributed by atoms with Crippen molar-refractivity contribution in [2.24, 2.45) is 0 Å². The Kier molecular flexibility index (Phi) is 4.77. The van der Waals surface area contributed by atoms with Crippen molar-refractivity contribution in [1.29, 1.82) is 0 Å². The highest BCUT2D eigenvalue weighted by Gasteiger charge is 2.04. The summed E-state index contributed by atoms with van der Waals surface area (Å²) in [6.07, 6.45) is 3.36. The smallest absolute Gasteiger partial charge is 0.141 e. The van der Waals surface area contributed by atoms with Crippen molar-refractivity contribution in [3.05, 3.63) is 30.2 Å². The molecule has 2 heteroatoms. The van der Waals surface area contributed by atoms with Crippen LogP contribution in [0.2, 0.25) is 0 Å². The second-order valence-corrected chi connectivity index (χ2v) is 1.95. The van der Waals surface area contributed by atoms with Crippen LogP contribution in [0.1, 0.15) is 30.9 Å². The molecule has 1 aromatic heterocycles. The topological polar surface area (TPSA) is 26.0 Å². The average Bonchev–Trinajstić information content (AvgIpc) is 2.49. The lowest BCUT2D eigenvalue weighted by atomic mass is 10.2. The van der Waals surface area contributed by atoms with E-state index in [-0.39, 0.29) is 0 Å². The first-order valence-corrected chi connectivity index (χ1v) is 4.00. The lowest BCUT2D eigenvalue weighted by Crippen LogP contribution is -1.74. The Balaban J connectivity index is 0.000000561. The van der Waals surface area contributed by atoms with E-state index in [1.807, 2.05) is 20.8 Å². The maximum Gasteiger partial charge on any atom is 0.141 e. The molecule has 66 valence electrons. The molecule has 0 atom stereocenters. The van der Waals surface area contributed by atoms with E-state index in [0.717, 1.165) is 17.0 Å². The number of aromatic nitrogens is 1. The minimum atomic E-state index is 0.757. The van der Waals surface area contributed by atoms with Crippen molar-refractivity contribution in [3.63, 3.8) is 0 Å². The van der Waals surface area contributed by atoms with Crippen LogP contribution >= 0.6 is 0 Å². The Bertz CT molecular complexity index is 261. The molecule has 0 aromatic carbocycles. The van der Waals surface area contributed by atoms with Crippen LogP contribution < -0.4 is 0 Å². The highest BCUT2D eigenvalue weighted by molar-refractivity contribution is 5.61. The number of nitrogens with zero attached hydrogens (tertiary/aromatic N) is 1. The van der Waals surface area contributed by atoms with Crippen molar-refractivity contribution >= 4 is 12.2 Å². The van der Waals surface area contributed by atoms with Crippen molar-refractivity contribution in [1.82, 2.24) is 5.16 Å². The molecule has 0 amide bonds. The molecule has 0 N–H and O–H groups in total. The zero-order valence-electron chi connectivity index (χ0n) is 7.92. The van der Waals surface area contributed by atoms with Gasteiger partial charge < -0.3 is 4.52 Å². The van der Waals surface area contributed by atoms with Crippen molar-refractivity contribution in [2.75, 3.05) is 0 Å². The molecule has 1 rings (SSSR count). The van der Waals surface area contributed by atoms with Crippen LogP contribution in [0, 0.1) is 6.92 Å². The van der Waals surface area contributed by atoms with Crippen molar-refractivity contribution in [2.45, 2.75) is 20.8 Å². The van der Waals surface area contributed by atoms with Gasteiger partial charge in [-0.3, -0.25) is 0 Å². The highest BCUT2D eigenvalue weighted by atomic mass is 16.5. The van der Waals surface area contributed by atoms with Gasteiger partial charge in [-0.25, -0.2) is 0 Å². The average molecular weight is 165 g/mol. The summed E-state index contributed by atoms with van der Waals surface area (Å²) < 4.78 is 4.88. The van der Waals surface area contributed by atoms with Gasteiger partial charge in [0.25, 0.3) is 0 Å². The van der Waals surface area contributed by atoms with Gasteiger partial charge in [-0.15, -0.1) is 0 Å². The van der Waals surface area contributed by atoms with Gasteiger partial charge in [0.2, 0.25) is 0 Å². The SMILES string of the molecule is C=Cc1noc(C)c1C=C.CC. The Morgan fingerprint density at radius 2 is 1.83 bits per heavy atom. The van der Waals surface area contributed by atoms with Gasteiger partial charge in [0.1, 0.15) is 11.5 Å². The fourth-order valence-corrected chi connectivity index (χ4v) is 0.792. The molecular weight excluding hydrogens is 150 g/mol. The monoisotopic (exact) mass is 165 g/mol. The first-order valence-electron chi connectivity index (χ1n) is 4.00. The quantitative estimate of drug-likeness (QED) is 0.672. The van der Waals surface area contributed by atoms with Gasteiger partial charge in [0.15, 0.2) is 0 Å².